The van der Waals surface area contributed by atoms with E-state index in [1.807, 2.05) is 0 Å². The van der Waals surface area contributed by atoms with E-state index in [1.165, 1.54) is 0 Å². The van der Waals surface area contributed by atoms with Gasteiger partial charge in [-0.2, -0.15) is 8.78 Å². The molecule has 0 aliphatic carbocycles. The molecule has 0 amide bonds. The van der Waals surface area contributed by atoms with Crippen LogP contribution in [0.15, 0.2) is 24.3 Å². The highest BCUT2D eigenvalue weighted by Crippen LogP contribution is 2.29. The van der Waals surface area contributed by atoms with Gasteiger partial charge in [-0.3, -0.25) is 0 Å². The molecule has 112 valence electrons. The lowest BCUT2D eigenvalue weighted by Crippen LogP contribution is -2.07. The number of nitrogens with two attached hydrogens (primary N) is 1. The minimum absolute atomic E-state index is 0.318. The van der Waals surface area contributed by atoms with E-state index >= 15 is 0 Å². The van der Waals surface area contributed by atoms with Crippen molar-refractivity contribution in [3.05, 3.63) is 64.5 Å². The van der Waals surface area contributed by atoms with Crippen LogP contribution in [0, 0.1) is 29.1 Å². The zero-order chi connectivity index (χ0) is 15.6. The summed E-state index contributed by atoms with van der Waals surface area (Å²) in [6.07, 6.45) is 0. The third-order valence-electron chi connectivity index (χ3n) is 2.81. The predicted octanol–water partition coefficient (Wildman–Crippen LogP) is 3.42. The zero-order valence-corrected chi connectivity index (χ0v) is 10.6. The first kappa shape index (κ1) is 15.2. The number of hydrogen-bond acceptors (Lipinski definition) is 2. The molecular formula is C14H10F5NO. The Hall–Kier alpha value is -2.15. The van der Waals surface area contributed by atoms with Crippen molar-refractivity contribution in [2.24, 2.45) is 5.73 Å². The number of hydrogen-bond donors (Lipinski definition) is 1. The maximum absolute atomic E-state index is 13.4. The Kier molecular flexibility index (Phi) is 4.42. The number of rotatable bonds is 4. The van der Waals surface area contributed by atoms with Gasteiger partial charge in [0.15, 0.2) is 5.75 Å². The Morgan fingerprint density at radius 1 is 0.714 bits per heavy atom. The molecule has 0 aliphatic heterocycles. The van der Waals surface area contributed by atoms with Crippen molar-refractivity contribution in [3.63, 3.8) is 0 Å². The molecule has 0 saturated heterocycles. The summed E-state index contributed by atoms with van der Waals surface area (Å²) in [4.78, 5) is 0. The first-order valence-electron chi connectivity index (χ1n) is 5.87. The van der Waals surface area contributed by atoms with Crippen LogP contribution in [0.4, 0.5) is 22.0 Å². The molecule has 0 radical (unpaired) electrons. The van der Waals surface area contributed by atoms with Crippen molar-refractivity contribution in [1.29, 1.82) is 0 Å². The minimum atomic E-state index is -2.22. The van der Waals surface area contributed by atoms with Gasteiger partial charge in [0.25, 0.3) is 0 Å². The van der Waals surface area contributed by atoms with Crippen LogP contribution < -0.4 is 10.5 Å². The highest BCUT2D eigenvalue weighted by molar-refractivity contribution is 5.30. The second-order valence-corrected chi connectivity index (χ2v) is 4.21. The standard InChI is InChI=1S/C14H10F5NO/c15-9-10(16)12(18)14(13(19)11(9)17)21-6-8-3-1-7(5-20)2-4-8/h1-4H,5-6,20H2. The Morgan fingerprint density at radius 2 is 1.14 bits per heavy atom. The highest BCUT2D eigenvalue weighted by Gasteiger charge is 2.26. The maximum Gasteiger partial charge on any atom is 0.207 e. The van der Waals surface area contributed by atoms with E-state index in [-0.39, 0.29) is 6.61 Å². The van der Waals surface area contributed by atoms with Gasteiger partial charge in [-0.1, -0.05) is 24.3 Å². The lowest BCUT2D eigenvalue weighted by Gasteiger charge is -2.10. The van der Waals surface area contributed by atoms with Crippen LogP contribution in [0.25, 0.3) is 0 Å². The maximum atomic E-state index is 13.4. The largest absolute Gasteiger partial charge is 0.483 e. The second-order valence-electron chi connectivity index (χ2n) is 4.21. The summed E-state index contributed by atoms with van der Waals surface area (Å²) in [7, 11) is 0. The summed E-state index contributed by atoms with van der Waals surface area (Å²) in [5.74, 6) is -11.6. The lowest BCUT2D eigenvalue weighted by atomic mass is 10.1. The molecule has 7 heteroatoms. The third kappa shape index (κ3) is 2.97. The summed E-state index contributed by atoms with van der Waals surface area (Å²) in [5, 5.41) is 0. The number of benzene rings is 2. The molecule has 2 rings (SSSR count). The smallest absolute Gasteiger partial charge is 0.207 e. The van der Waals surface area contributed by atoms with Crippen molar-refractivity contribution >= 4 is 0 Å². The van der Waals surface area contributed by atoms with Crippen LogP contribution in [0.2, 0.25) is 0 Å². The normalized spacial score (nSPS) is 10.8. The molecule has 0 atom stereocenters. The SMILES string of the molecule is NCc1ccc(COc2c(F)c(F)c(F)c(F)c2F)cc1. The Labute approximate surface area is 116 Å². The van der Waals surface area contributed by atoms with Gasteiger partial charge in [-0.05, 0) is 11.1 Å². The van der Waals surface area contributed by atoms with Crippen molar-refractivity contribution in [1.82, 2.24) is 0 Å². The van der Waals surface area contributed by atoms with E-state index < -0.39 is 34.8 Å². The quantitative estimate of drug-likeness (QED) is 0.533. The number of halogens is 5. The van der Waals surface area contributed by atoms with E-state index in [0.29, 0.717) is 12.1 Å². The molecule has 2 aromatic rings. The van der Waals surface area contributed by atoms with Gasteiger partial charge in [-0.25, -0.2) is 13.2 Å². The molecule has 21 heavy (non-hydrogen) atoms. The van der Waals surface area contributed by atoms with Gasteiger partial charge < -0.3 is 10.5 Å². The van der Waals surface area contributed by atoms with Crippen LogP contribution in [-0.2, 0) is 13.2 Å². The second kappa shape index (κ2) is 6.09. The summed E-state index contributed by atoms with van der Waals surface area (Å²) in [6, 6.07) is 6.48. The average molecular weight is 303 g/mol. The molecule has 0 unspecified atom stereocenters. The minimum Gasteiger partial charge on any atom is -0.483 e. The van der Waals surface area contributed by atoms with Crippen LogP contribution >= 0.6 is 0 Å². The first-order valence-corrected chi connectivity index (χ1v) is 5.87. The van der Waals surface area contributed by atoms with E-state index in [0.717, 1.165) is 5.56 Å². The summed E-state index contributed by atoms with van der Waals surface area (Å²) in [5.41, 5.74) is 6.73. The molecule has 2 aromatic carbocycles. The van der Waals surface area contributed by atoms with Crippen molar-refractivity contribution in [3.8, 4) is 5.75 Å². The molecule has 0 heterocycles. The lowest BCUT2D eigenvalue weighted by molar-refractivity contribution is 0.253. The first-order chi connectivity index (χ1) is 9.95. The third-order valence-corrected chi connectivity index (χ3v) is 2.81. The molecule has 2 N–H and O–H groups in total. The summed E-state index contributed by atoms with van der Waals surface area (Å²) < 4.78 is 70.2. The zero-order valence-electron chi connectivity index (χ0n) is 10.6. The Balaban J connectivity index is 2.23. The molecule has 0 spiro atoms. The molecule has 2 nitrogen and oxygen atoms in total. The van der Waals surface area contributed by atoms with Gasteiger partial charge in [-0.15, -0.1) is 0 Å². The molecule has 0 aliphatic rings. The van der Waals surface area contributed by atoms with Crippen LogP contribution in [0.1, 0.15) is 11.1 Å². The molecule has 0 saturated carbocycles. The monoisotopic (exact) mass is 303 g/mol. The summed E-state index contributed by atoms with van der Waals surface area (Å²) in [6.45, 7) is -0.0258. The van der Waals surface area contributed by atoms with E-state index in [2.05, 4.69) is 0 Å². The van der Waals surface area contributed by atoms with Crippen molar-refractivity contribution in [2.45, 2.75) is 13.2 Å². The van der Waals surface area contributed by atoms with Crippen molar-refractivity contribution < 1.29 is 26.7 Å². The topological polar surface area (TPSA) is 35.2 Å². The van der Waals surface area contributed by atoms with Crippen LogP contribution in [-0.4, -0.2) is 0 Å². The Morgan fingerprint density at radius 3 is 1.62 bits per heavy atom. The van der Waals surface area contributed by atoms with Crippen molar-refractivity contribution in [2.75, 3.05) is 0 Å². The van der Waals surface area contributed by atoms with Gasteiger partial charge in [0.2, 0.25) is 29.1 Å². The molecule has 0 fully saturated rings. The van der Waals surface area contributed by atoms with Gasteiger partial charge in [0.05, 0.1) is 0 Å². The molecular weight excluding hydrogens is 293 g/mol. The highest BCUT2D eigenvalue weighted by atomic mass is 19.2. The fourth-order valence-corrected chi connectivity index (χ4v) is 1.64. The fraction of sp³-hybridized carbons (Fsp3) is 0.143. The number of ether oxygens (including phenoxy) is 1. The fourth-order valence-electron chi connectivity index (χ4n) is 1.64. The van der Waals surface area contributed by atoms with Gasteiger partial charge >= 0.3 is 0 Å². The Bertz CT molecular complexity index is 628. The van der Waals surface area contributed by atoms with Gasteiger partial charge in [0.1, 0.15) is 6.61 Å². The predicted molar refractivity (Wildman–Crippen MR) is 64.9 cm³/mol. The van der Waals surface area contributed by atoms with Gasteiger partial charge in [0, 0.05) is 6.54 Å². The molecule has 0 aromatic heterocycles. The molecule has 0 bridgehead atoms. The van der Waals surface area contributed by atoms with E-state index in [9.17, 15) is 22.0 Å². The van der Waals surface area contributed by atoms with E-state index in [1.54, 1.807) is 24.3 Å². The van der Waals surface area contributed by atoms with E-state index in [4.69, 9.17) is 10.5 Å². The van der Waals surface area contributed by atoms with Crippen LogP contribution in [0.3, 0.4) is 0 Å². The summed E-state index contributed by atoms with van der Waals surface area (Å²) >= 11 is 0. The average Bonchev–Trinajstić information content (AvgIpc) is 2.51. The van der Waals surface area contributed by atoms with Crippen LogP contribution in [0.5, 0.6) is 5.75 Å².